The number of ether oxygens (including phenoxy) is 2. The first-order valence-corrected chi connectivity index (χ1v) is 8.13. The fourth-order valence-corrected chi connectivity index (χ4v) is 2.18. The molecule has 7 heteroatoms. The van der Waals surface area contributed by atoms with Gasteiger partial charge in [0.2, 0.25) is 5.76 Å². The monoisotopic (exact) mass is 346 g/mol. The van der Waals surface area contributed by atoms with Crippen molar-refractivity contribution in [3.63, 3.8) is 0 Å². The van der Waals surface area contributed by atoms with Crippen LogP contribution in [0.1, 0.15) is 34.6 Å². The molecule has 0 saturated carbocycles. The van der Waals surface area contributed by atoms with Gasteiger partial charge in [-0.15, -0.1) is 0 Å². The molecule has 2 rings (SSSR count). The quantitative estimate of drug-likeness (QED) is 0.549. The minimum atomic E-state index is -0.527. The maximum atomic E-state index is 11.8. The van der Waals surface area contributed by atoms with Crippen molar-refractivity contribution in [2.75, 3.05) is 19.7 Å². The van der Waals surface area contributed by atoms with Crippen LogP contribution in [0.5, 0.6) is 0 Å². The van der Waals surface area contributed by atoms with Crippen LogP contribution in [0.3, 0.4) is 0 Å². The molecule has 1 heterocycles. The van der Waals surface area contributed by atoms with Crippen LogP contribution in [0.4, 0.5) is 0 Å². The van der Waals surface area contributed by atoms with Gasteiger partial charge in [-0.1, -0.05) is 30.3 Å². The number of hydrogen-bond donors (Lipinski definition) is 1. The predicted octanol–water partition coefficient (Wildman–Crippen LogP) is 2.04. The molecule has 25 heavy (non-hydrogen) atoms. The molecule has 2 aromatic rings. The molecule has 0 atom stereocenters. The maximum Gasteiger partial charge on any atom is 0.376 e. The second-order valence-electron chi connectivity index (χ2n) is 5.30. The molecule has 0 saturated heterocycles. The molecule has 0 bridgehead atoms. The lowest BCUT2D eigenvalue weighted by Crippen LogP contribution is -2.27. The summed E-state index contributed by atoms with van der Waals surface area (Å²) in [4.78, 5) is 27.7. The third kappa shape index (κ3) is 6.04. The summed E-state index contributed by atoms with van der Waals surface area (Å²) in [7, 11) is 0. The Morgan fingerprint density at radius 2 is 1.96 bits per heavy atom. The Morgan fingerprint density at radius 3 is 2.68 bits per heavy atom. The van der Waals surface area contributed by atoms with Crippen LogP contribution in [0.15, 0.2) is 34.7 Å². The normalized spacial score (nSPS) is 10.5. The van der Waals surface area contributed by atoms with Gasteiger partial charge in [0.25, 0.3) is 0 Å². The van der Waals surface area contributed by atoms with Gasteiger partial charge in [-0.05, 0) is 12.5 Å². The van der Waals surface area contributed by atoms with Gasteiger partial charge in [0, 0.05) is 19.9 Å². The third-order valence-corrected chi connectivity index (χ3v) is 3.32. The number of carbonyl (C=O) groups is 2. The number of oxazole rings is 1. The van der Waals surface area contributed by atoms with Gasteiger partial charge in [-0.3, -0.25) is 4.79 Å². The summed E-state index contributed by atoms with van der Waals surface area (Å²) in [5.41, 5.74) is 1.45. The van der Waals surface area contributed by atoms with E-state index in [2.05, 4.69) is 10.3 Å². The number of aryl methyl sites for hydroxylation is 1. The highest BCUT2D eigenvalue weighted by atomic mass is 16.5. The molecule has 0 fully saturated rings. The van der Waals surface area contributed by atoms with Crippen molar-refractivity contribution in [3.8, 4) is 0 Å². The Labute approximate surface area is 146 Å². The van der Waals surface area contributed by atoms with E-state index in [0.717, 1.165) is 5.56 Å². The van der Waals surface area contributed by atoms with Crippen LogP contribution >= 0.6 is 0 Å². The van der Waals surface area contributed by atoms with E-state index in [1.54, 1.807) is 13.8 Å². The van der Waals surface area contributed by atoms with Crippen molar-refractivity contribution in [1.82, 2.24) is 10.3 Å². The predicted molar refractivity (Wildman–Crippen MR) is 90.0 cm³/mol. The van der Waals surface area contributed by atoms with Crippen molar-refractivity contribution in [1.29, 1.82) is 0 Å². The zero-order valence-electron chi connectivity index (χ0n) is 14.4. The average Bonchev–Trinajstić information content (AvgIpc) is 2.99. The molecule has 0 radical (unpaired) electrons. The standard InChI is InChI=1S/C18H22N2O5/c1-3-23-18(22)17-15(20-13(2)25-17)9-10-19-11-16(21)24-12-14-7-5-4-6-8-14/h4-8,19H,3,9-12H2,1-2H3. The van der Waals surface area contributed by atoms with E-state index >= 15 is 0 Å². The summed E-state index contributed by atoms with van der Waals surface area (Å²) in [6.07, 6.45) is 0.442. The highest BCUT2D eigenvalue weighted by molar-refractivity contribution is 5.87. The zero-order valence-corrected chi connectivity index (χ0v) is 14.4. The SMILES string of the molecule is CCOC(=O)c1oc(C)nc1CCNCC(=O)OCc1ccccc1. The molecule has 1 aromatic heterocycles. The Morgan fingerprint density at radius 1 is 1.20 bits per heavy atom. The molecular formula is C18H22N2O5. The summed E-state index contributed by atoms with van der Waals surface area (Å²) < 4.78 is 15.4. The number of esters is 2. The topological polar surface area (TPSA) is 90.7 Å². The van der Waals surface area contributed by atoms with Gasteiger partial charge in [0.05, 0.1) is 18.8 Å². The van der Waals surface area contributed by atoms with Crippen molar-refractivity contribution in [2.45, 2.75) is 26.9 Å². The molecule has 0 aliphatic heterocycles. The fourth-order valence-electron chi connectivity index (χ4n) is 2.18. The zero-order chi connectivity index (χ0) is 18.1. The van der Waals surface area contributed by atoms with Crippen LogP contribution < -0.4 is 5.32 Å². The lowest BCUT2D eigenvalue weighted by atomic mass is 10.2. The highest BCUT2D eigenvalue weighted by Crippen LogP contribution is 2.12. The summed E-state index contributed by atoms with van der Waals surface area (Å²) in [5.74, 6) is -0.348. The van der Waals surface area contributed by atoms with Crippen LogP contribution in [0.2, 0.25) is 0 Å². The third-order valence-electron chi connectivity index (χ3n) is 3.32. The largest absolute Gasteiger partial charge is 0.460 e. The number of nitrogens with one attached hydrogen (secondary N) is 1. The Hall–Kier alpha value is -2.67. The van der Waals surface area contributed by atoms with E-state index in [9.17, 15) is 9.59 Å². The molecule has 0 aliphatic carbocycles. The van der Waals surface area contributed by atoms with Crippen LogP contribution in [0.25, 0.3) is 0 Å². The van der Waals surface area contributed by atoms with Crippen LogP contribution in [-0.2, 0) is 27.3 Å². The van der Waals surface area contributed by atoms with Gasteiger partial charge in [0.15, 0.2) is 5.89 Å². The molecule has 0 spiro atoms. The fraction of sp³-hybridized carbons (Fsp3) is 0.389. The van der Waals surface area contributed by atoms with Gasteiger partial charge >= 0.3 is 11.9 Å². The molecule has 1 aromatic carbocycles. The van der Waals surface area contributed by atoms with Crippen molar-refractivity contribution in [3.05, 3.63) is 53.2 Å². The minimum Gasteiger partial charge on any atom is -0.460 e. The van der Waals surface area contributed by atoms with E-state index in [1.165, 1.54) is 0 Å². The number of rotatable bonds is 9. The molecule has 7 nitrogen and oxygen atoms in total. The summed E-state index contributed by atoms with van der Waals surface area (Å²) in [6.45, 7) is 4.45. The first-order valence-electron chi connectivity index (χ1n) is 8.13. The molecule has 0 amide bonds. The minimum absolute atomic E-state index is 0.0818. The summed E-state index contributed by atoms with van der Waals surface area (Å²) in [5, 5.41) is 2.97. The molecular weight excluding hydrogens is 324 g/mol. The number of benzene rings is 1. The maximum absolute atomic E-state index is 11.8. The number of carbonyl (C=O) groups excluding carboxylic acids is 2. The van der Waals surface area contributed by atoms with E-state index in [0.29, 0.717) is 24.6 Å². The smallest absolute Gasteiger partial charge is 0.376 e. The molecule has 0 aliphatic rings. The van der Waals surface area contributed by atoms with E-state index in [-0.39, 0.29) is 31.5 Å². The van der Waals surface area contributed by atoms with Crippen LogP contribution in [-0.4, -0.2) is 36.6 Å². The lowest BCUT2D eigenvalue weighted by molar-refractivity contribution is -0.143. The lowest BCUT2D eigenvalue weighted by Gasteiger charge is -2.06. The highest BCUT2D eigenvalue weighted by Gasteiger charge is 2.19. The Kier molecular flexibility index (Phi) is 7.16. The molecule has 134 valence electrons. The van der Waals surface area contributed by atoms with Gasteiger partial charge < -0.3 is 19.2 Å². The first kappa shape index (κ1) is 18.7. The summed E-state index contributed by atoms with van der Waals surface area (Å²) >= 11 is 0. The van der Waals surface area contributed by atoms with Gasteiger partial charge in [-0.25, -0.2) is 9.78 Å². The first-order chi connectivity index (χ1) is 12.1. The van der Waals surface area contributed by atoms with Crippen LogP contribution in [0, 0.1) is 6.92 Å². The Bertz CT molecular complexity index is 697. The summed E-state index contributed by atoms with van der Waals surface area (Å²) in [6, 6.07) is 9.48. The second kappa shape index (κ2) is 9.58. The number of nitrogens with zero attached hydrogens (tertiary/aromatic N) is 1. The second-order valence-corrected chi connectivity index (χ2v) is 5.30. The van der Waals surface area contributed by atoms with Gasteiger partial charge in [-0.2, -0.15) is 0 Å². The van der Waals surface area contributed by atoms with E-state index in [4.69, 9.17) is 13.9 Å². The number of aromatic nitrogens is 1. The van der Waals surface area contributed by atoms with E-state index in [1.807, 2.05) is 30.3 Å². The Balaban J connectivity index is 1.72. The average molecular weight is 346 g/mol. The number of hydrogen-bond acceptors (Lipinski definition) is 7. The van der Waals surface area contributed by atoms with Crippen molar-refractivity contribution < 1.29 is 23.5 Å². The van der Waals surface area contributed by atoms with Gasteiger partial charge in [0.1, 0.15) is 6.61 Å². The molecule has 1 N–H and O–H groups in total. The van der Waals surface area contributed by atoms with E-state index < -0.39 is 5.97 Å². The van der Waals surface area contributed by atoms with Crippen molar-refractivity contribution >= 4 is 11.9 Å². The molecule has 0 unspecified atom stereocenters. The van der Waals surface area contributed by atoms with Crippen molar-refractivity contribution in [2.24, 2.45) is 0 Å².